The van der Waals surface area contributed by atoms with Crippen molar-refractivity contribution in [1.29, 1.82) is 0 Å². The van der Waals surface area contributed by atoms with Gasteiger partial charge >= 0.3 is 0 Å². The number of ether oxygens (including phenoxy) is 1. The lowest BCUT2D eigenvalue weighted by molar-refractivity contribution is -0.121. The molecule has 6 nitrogen and oxygen atoms in total. The Kier molecular flexibility index (Phi) is 4.64. The van der Waals surface area contributed by atoms with Crippen LogP contribution in [0.1, 0.15) is 12.0 Å². The number of aromatic amines is 1. The van der Waals surface area contributed by atoms with Crippen LogP contribution in [0.4, 0.5) is 5.69 Å². The normalized spacial score (nSPS) is 17.1. The van der Waals surface area contributed by atoms with Gasteiger partial charge in [-0.2, -0.15) is 0 Å². The Morgan fingerprint density at radius 2 is 1.93 bits per heavy atom. The number of imide groups is 1. The summed E-state index contributed by atoms with van der Waals surface area (Å²) in [4.78, 5) is 29.5. The van der Waals surface area contributed by atoms with E-state index in [4.69, 9.17) is 4.74 Å². The van der Waals surface area contributed by atoms with Crippen molar-refractivity contribution < 1.29 is 14.3 Å². The third-order valence-electron chi connectivity index (χ3n) is 4.94. The van der Waals surface area contributed by atoms with Crippen LogP contribution in [0.15, 0.2) is 54.7 Å². The molecule has 0 spiro atoms. The van der Waals surface area contributed by atoms with Gasteiger partial charge in [0.15, 0.2) is 0 Å². The fraction of sp³-hybridized carbons (Fsp3) is 0.238. The Hall–Kier alpha value is -3.12. The topological polar surface area (TPSA) is 74.4 Å². The van der Waals surface area contributed by atoms with Crippen molar-refractivity contribution in [2.24, 2.45) is 0 Å². The van der Waals surface area contributed by atoms with Gasteiger partial charge in [0.05, 0.1) is 25.3 Å². The molecule has 1 aliphatic rings. The molecule has 1 fully saturated rings. The summed E-state index contributed by atoms with van der Waals surface area (Å²) in [6.45, 7) is 0.627. The van der Waals surface area contributed by atoms with Crippen LogP contribution in [0, 0.1) is 0 Å². The SMILES string of the molecule is COc1ccc(N2C(=O)C[C@@H](NCCc3c[nH]c4ccccc34)C2=O)cc1. The minimum absolute atomic E-state index is 0.179. The highest BCUT2D eigenvalue weighted by atomic mass is 16.5. The summed E-state index contributed by atoms with van der Waals surface area (Å²) in [5.74, 6) is 0.296. The number of nitrogens with zero attached hydrogens (tertiary/aromatic N) is 1. The molecule has 4 rings (SSSR count). The van der Waals surface area contributed by atoms with Crippen LogP contribution in [-0.4, -0.2) is 36.5 Å². The molecule has 0 radical (unpaired) electrons. The van der Waals surface area contributed by atoms with Crippen molar-refractivity contribution in [2.75, 3.05) is 18.6 Å². The second-order valence-electron chi connectivity index (χ2n) is 6.59. The molecule has 1 atom stereocenters. The summed E-state index contributed by atoms with van der Waals surface area (Å²) in [5, 5.41) is 4.42. The van der Waals surface area contributed by atoms with E-state index in [1.807, 2.05) is 24.4 Å². The van der Waals surface area contributed by atoms with Gasteiger partial charge in [0.1, 0.15) is 5.75 Å². The Balaban J connectivity index is 1.40. The molecule has 1 aliphatic heterocycles. The van der Waals surface area contributed by atoms with Crippen molar-refractivity contribution >= 4 is 28.4 Å². The molecular weight excluding hydrogens is 342 g/mol. The smallest absolute Gasteiger partial charge is 0.251 e. The molecule has 0 aliphatic carbocycles. The fourth-order valence-corrected chi connectivity index (χ4v) is 3.51. The number of amides is 2. The van der Waals surface area contributed by atoms with Gasteiger partial charge in [0, 0.05) is 23.6 Å². The van der Waals surface area contributed by atoms with Crippen LogP contribution in [-0.2, 0) is 16.0 Å². The first kappa shape index (κ1) is 17.3. The second kappa shape index (κ2) is 7.25. The lowest BCUT2D eigenvalue weighted by Crippen LogP contribution is -2.39. The highest BCUT2D eigenvalue weighted by molar-refractivity contribution is 6.22. The van der Waals surface area contributed by atoms with Gasteiger partial charge in [0.25, 0.3) is 5.91 Å². The number of nitrogens with one attached hydrogen (secondary N) is 2. The second-order valence-corrected chi connectivity index (χ2v) is 6.59. The summed E-state index contributed by atoms with van der Waals surface area (Å²) >= 11 is 0. The highest BCUT2D eigenvalue weighted by Crippen LogP contribution is 2.25. The first-order valence-corrected chi connectivity index (χ1v) is 8.96. The summed E-state index contributed by atoms with van der Waals surface area (Å²) in [6, 6.07) is 14.6. The average molecular weight is 363 g/mol. The van der Waals surface area contributed by atoms with E-state index in [-0.39, 0.29) is 18.2 Å². The zero-order valence-corrected chi connectivity index (χ0v) is 15.1. The number of hydrogen-bond acceptors (Lipinski definition) is 4. The Labute approximate surface area is 157 Å². The Morgan fingerprint density at radius 1 is 1.15 bits per heavy atom. The van der Waals surface area contributed by atoms with Crippen LogP contribution >= 0.6 is 0 Å². The summed E-state index contributed by atoms with van der Waals surface area (Å²) in [5.41, 5.74) is 2.87. The zero-order chi connectivity index (χ0) is 18.8. The Bertz CT molecular complexity index is 978. The van der Waals surface area contributed by atoms with Crippen LogP contribution in [0.5, 0.6) is 5.75 Å². The molecule has 6 heteroatoms. The van der Waals surface area contributed by atoms with E-state index in [1.165, 1.54) is 15.8 Å². The molecule has 2 heterocycles. The van der Waals surface area contributed by atoms with Crippen LogP contribution in [0.25, 0.3) is 10.9 Å². The number of para-hydroxylation sites is 1. The van der Waals surface area contributed by atoms with E-state index < -0.39 is 6.04 Å². The molecule has 138 valence electrons. The van der Waals surface area contributed by atoms with E-state index in [0.29, 0.717) is 18.0 Å². The molecule has 0 saturated carbocycles. The van der Waals surface area contributed by atoms with Gasteiger partial charge < -0.3 is 15.0 Å². The quantitative estimate of drug-likeness (QED) is 0.660. The standard InChI is InChI=1S/C21H21N3O3/c1-27-16-8-6-15(7-9-16)24-20(25)12-19(21(24)26)22-11-10-14-13-23-18-5-3-2-4-17(14)18/h2-9,13,19,22-23H,10-12H2,1H3/t19-/m1/s1. The number of fused-ring (bicyclic) bond motifs is 1. The number of aromatic nitrogens is 1. The molecule has 1 aromatic heterocycles. The number of anilines is 1. The summed E-state index contributed by atoms with van der Waals surface area (Å²) in [6.07, 6.45) is 2.96. The first-order chi connectivity index (χ1) is 13.2. The largest absolute Gasteiger partial charge is 0.497 e. The van der Waals surface area contributed by atoms with Crippen molar-refractivity contribution in [3.05, 3.63) is 60.3 Å². The lowest BCUT2D eigenvalue weighted by atomic mass is 10.1. The molecule has 3 aromatic rings. The van der Waals surface area contributed by atoms with Crippen molar-refractivity contribution in [3.8, 4) is 5.75 Å². The zero-order valence-electron chi connectivity index (χ0n) is 15.1. The molecular formula is C21H21N3O3. The van der Waals surface area contributed by atoms with Gasteiger partial charge in [-0.05, 0) is 42.3 Å². The number of rotatable bonds is 6. The lowest BCUT2D eigenvalue weighted by Gasteiger charge is -2.16. The van der Waals surface area contributed by atoms with E-state index in [2.05, 4.69) is 16.4 Å². The van der Waals surface area contributed by atoms with Crippen LogP contribution < -0.4 is 15.0 Å². The van der Waals surface area contributed by atoms with Crippen molar-refractivity contribution in [1.82, 2.24) is 10.3 Å². The van der Waals surface area contributed by atoms with Crippen molar-refractivity contribution in [2.45, 2.75) is 18.9 Å². The minimum Gasteiger partial charge on any atom is -0.497 e. The first-order valence-electron chi connectivity index (χ1n) is 8.96. The summed E-state index contributed by atoms with van der Waals surface area (Å²) < 4.78 is 5.12. The van der Waals surface area contributed by atoms with Crippen LogP contribution in [0.3, 0.4) is 0 Å². The number of H-pyrrole nitrogens is 1. The fourth-order valence-electron chi connectivity index (χ4n) is 3.51. The predicted molar refractivity (Wildman–Crippen MR) is 104 cm³/mol. The molecule has 2 N–H and O–H groups in total. The number of hydrogen-bond donors (Lipinski definition) is 2. The molecule has 2 aromatic carbocycles. The molecule has 0 bridgehead atoms. The molecule has 27 heavy (non-hydrogen) atoms. The van der Waals surface area contributed by atoms with E-state index in [1.54, 1.807) is 31.4 Å². The van der Waals surface area contributed by atoms with Gasteiger partial charge in [-0.15, -0.1) is 0 Å². The van der Waals surface area contributed by atoms with Gasteiger partial charge in [-0.25, -0.2) is 4.90 Å². The number of carbonyl (C=O) groups is 2. The molecule has 2 amide bonds. The molecule has 1 saturated heterocycles. The number of benzene rings is 2. The monoisotopic (exact) mass is 363 g/mol. The number of carbonyl (C=O) groups excluding carboxylic acids is 2. The minimum atomic E-state index is -0.482. The van der Waals surface area contributed by atoms with E-state index >= 15 is 0 Å². The average Bonchev–Trinajstić information content (AvgIpc) is 3.23. The van der Waals surface area contributed by atoms with Gasteiger partial charge in [0.2, 0.25) is 5.91 Å². The Morgan fingerprint density at radius 3 is 2.70 bits per heavy atom. The highest BCUT2D eigenvalue weighted by Gasteiger charge is 2.39. The molecule has 0 unspecified atom stereocenters. The van der Waals surface area contributed by atoms with E-state index in [0.717, 1.165) is 11.9 Å². The third kappa shape index (κ3) is 3.31. The van der Waals surface area contributed by atoms with Gasteiger partial charge in [-0.3, -0.25) is 9.59 Å². The van der Waals surface area contributed by atoms with Crippen LogP contribution in [0.2, 0.25) is 0 Å². The van der Waals surface area contributed by atoms with Gasteiger partial charge in [-0.1, -0.05) is 18.2 Å². The maximum absolute atomic E-state index is 12.7. The van der Waals surface area contributed by atoms with E-state index in [9.17, 15) is 9.59 Å². The number of methoxy groups -OCH3 is 1. The third-order valence-corrected chi connectivity index (χ3v) is 4.94. The predicted octanol–water partition coefficient (Wildman–Crippen LogP) is 2.64. The maximum atomic E-state index is 12.7. The maximum Gasteiger partial charge on any atom is 0.251 e. The van der Waals surface area contributed by atoms with Crippen molar-refractivity contribution in [3.63, 3.8) is 0 Å². The summed E-state index contributed by atoms with van der Waals surface area (Å²) in [7, 11) is 1.58.